The van der Waals surface area contributed by atoms with E-state index in [0.717, 1.165) is 58.7 Å². The summed E-state index contributed by atoms with van der Waals surface area (Å²) in [5, 5.41) is 51.0. The maximum absolute atomic E-state index is 11.5. The van der Waals surface area contributed by atoms with Gasteiger partial charge in [-0.2, -0.15) is 0 Å². The molecular weight excluding hydrogens is 604 g/mol. The van der Waals surface area contributed by atoms with Gasteiger partial charge in [-0.1, -0.05) is 25.0 Å². The van der Waals surface area contributed by atoms with Gasteiger partial charge in [-0.3, -0.25) is 4.90 Å². The Morgan fingerprint density at radius 1 is 0.872 bits per heavy atom. The predicted octanol–water partition coefficient (Wildman–Crippen LogP) is 3.90. The first-order valence-electron chi connectivity index (χ1n) is 16.1. The van der Waals surface area contributed by atoms with Crippen molar-refractivity contribution in [2.75, 3.05) is 26.2 Å². The Bertz CT molecular complexity index is 1660. The van der Waals surface area contributed by atoms with E-state index in [1.165, 1.54) is 25.7 Å². The average molecular weight is 647 g/mol. The van der Waals surface area contributed by atoms with Crippen molar-refractivity contribution in [3.05, 3.63) is 77.9 Å². The number of likely N-dealkylation sites (tertiary alicyclic amines) is 1. The van der Waals surface area contributed by atoms with E-state index >= 15 is 0 Å². The second-order valence-electron chi connectivity index (χ2n) is 12.4. The van der Waals surface area contributed by atoms with E-state index in [-0.39, 0.29) is 11.5 Å². The molecule has 0 saturated carbocycles. The molecule has 11 heteroatoms. The van der Waals surface area contributed by atoms with E-state index in [0.29, 0.717) is 13.2 Å². The number of hydrogen-bond acceptors (Lipinski definition) is 9. The number of phenols is 1. The normalized spacial score (nSPS) is 23.8. The zero-order valence-corrected chi connectivity index (χ0v) is 26.4. The number of carboxylic acids is 1. The fourth-order valence-electron chi connectivity index (χ4n) is 6.55. The van der Waals surface area contributed by atoms with Crippen LogP contribution in [0.2, 0.25) is 0 Å². The molecule has 5 N–H and O–H groups in total. The van der Waals surface area contributed by atoms with Gasteiger partial charge >= 0.3 is 5.97 Å². The third kappa shape index (κ3) is 7.24. The number of aryl methyl sites for hydroxylation is 1. The van der Waals surface area contributed by atoms with Gasteiger partial charge in [0.1, 0.15) is 42.2 Å². The number of fused-ring (bicyclic) bond motifs is 1. The van der Waals surface area contributed by atoms with Crippen molar-refractivity contribution in [3.63, 3.8) is 0 Å². The number of aliphatic carboxylic acids is 1. The number of aliphatic hydroxyl groups excluding tert-OH is 3. The maximum Gasteiger partial charge on any atom is 0.335 e. The number of rotatable bonds is 10. The van der Waals surface area contributed by atoms with Crippen molar-refractivity contribution in [3.8, 4) is 28.5 Å². The van der Waals surface area contributed by atoms with E-state index in [4.69, 9.17) is 14.2 Å². The van der Waals surface area contributed by atoms with Crippen molar-refractivity contribution in [1.82, 2.24) is 9.47 Å². The molecule has 2 aliphatic heterocycles. The summed E-state index contributed by atoms with van der Waals surface area (Å²) in [7, 11) is 0. The number of aromatic hydroxyl groups is 1. The molecule has 6 rings (SSSR count). The summed E-state index contributed by atoms with van der Waals surface area (Å²) in [6.45, 7) is 6.44. The average Bonchev–Trinajstić information content (AvgIpc) is 3.19. The molecule has 2 aliphatic rings. The van der Waals surface area contributed by atoms with E-state index in [1.54, 1.807) is 24.3 Å². The van der Waals surface area contributed by atoms with Crippen LogP contribution in [-0.2, 0) is 16.1 Å². The lowest BCUT2D eigenvalue weighted by atomic mass is 9.99. The van der Waals surface area contributed by atoms with Crippen molar-refractivity contribution in [1.29, 1.82) is 0 Å². The summed E-state index contributed by atoms with van der Waals surface area (Å²) in [4.78, 5) is 14.0. The second kappa shape index (κ2) is 14.3. The number of phenolic OH excluding ortho intramolecular Hbond substituents is 1. The molecule has 0 spiro atoms. The number of aliphatic hydroxyl groups is 3. The molecule has 4 aromatic rings. The molecule has 1 aromatic heterocycles. The van der Waals surface area contributed by atoms with Gasteiger partial charge in [0.05, 0.1) is 5.69 Å². The van der Waals surface area contributed by atoms with Crippen LogP contribution in [0.3, 0.4) is 0 Å². The third-order valence-electron chi connectivity index (χ3n) is 9.13. The second-order valence-corrected chi connectivity index (χ2v) is 12.4. The molecule has 0 radical (unpaired) electrons. The zero-order valence-electron chi connectivity index (χ0n) is 26.4. The van der Waals surface area contributed by atoms with Gasteiger partial charge in [-0.15, -0.1) is 0 Å². The maximum atomic E-state index is 11.5. The van der Waals surface area contributed by atoms with Crippen LogP contribution in [0.4, 0.5) is 0 Å². The molecule has 2 saturated heterocycles. The highest BCUT2D eigenvalue weighted by Gasteiger charge is 2.48. The molecule has 5 atom stereocenters. The van der Waals surface area contributed by atoms with Gasteiger partial charge < -0.3 is 44.3 Å². The highest BCUT2D eigenvalue weighted by atomic mass is 16.7. The minimum absolute atomic E-state index is 0.174. The van der Waals surface area contributed by atoms with E-state index in [9.17, 15) is 30.3 Å². The van der Waals surface area contributed by atoms with Crippen LogP contribution in [-0.4, -0.2) is 97.9 Å². The van der Waals surface area contributed by atoms with Gasteiger partial charge in [0.25, 0.3) is 0 Å². The molecule has 47 heavy (non-hydrogen) atoms. The largest absolute Gasteiger partial charge is 0.508 e. The molecule has 2 fully saturated rings. The molecule has 11 nitrogen and oxygen atoms in total. The molecule has 3 heterocycles. The number of carbonyl (C=O) groups is 1. The monoisotopic (exact) mass is 646 g/mol. The van der Waals surface area contributed by atoms with Crippen LogP contribution < -0.4 is 9.47 Å². The standard InChI is InChI=1S/C36H42N2O9/c1-22-28-20-25(39)10-15-29(28)38(21-23-6-11-26(12-7-23)45-19-18-37-16-4-2-3-5-17-37)30(22)24-8-13-27(14-9-24)46-36-33(42)31(40)32(41)34(47-36)35(43)44/h6-15,20,31-34,36,39-42H,2-5,16-19,21H2,1H3,(H,43,44)/t31-,32-,33-,34-,36+/m0/s1. The molecule has 0 unspecified atom stereocenters. The summed E-state index contributed by atoms with van der Waals surface area (Å²) < 4.78 is 19.2. The summed E-state index contributed by atoms with van der Waals surface area (Å²) in [5.41, 5.74) is 4.81. The van der Waals surface area contributed by atoms with Crippen LogP contribution in [0.15, 0.2) is 66.7 Å². The van der Waals surface area contributed by atoms with Gasteiger partial charge in [0.15, 0.2) is 6.10 Å². The first-order valence-corrected chi connectivity index (χ1v) is 16.1. The Morgan fingerprint density at radius 3 is 2.23 bits per heavy atom. The summed E-state index contributed by atoms with van der Waals surface area (Å²) >= 11 is 0. The van der Waals surface area contributed by atoms with E-state index in [1.807, 2.05) is 37.3 Å². The molecule has 0 aliphatic carbocycles. The minimum Gasteiger partial charge on any atom is -0.508 e. The lowest BCUT2D eigenvalue weighted by Crippen LogP contribution is -2.61. The van der Waals surface area contributed by atoms with Crippen LogP contribution in [0.1, 0.15) is 36.8 Å². The van der Waals surface area contributed by atoms with Crippen molar-refractivity contribution in [2.45, 2.75) is 69.9 Å². The Labute approximate surface area is 273 Å². The summed E-state index contributed by atoms with van der Waals surface area (Å²) in [6.07, 6.45) is -3.33. The van der Waals surface area contributed by atoms with Crippen LogP contribution in [0.25, 0.3) is 22.2 Å². The van der Waals surface area contributed by atoms with Crippen molar-refractivity contribution in [2.24, 2.45) is 0 Å². The van der Waals surface area contributed by atoms with Crippen LogP contribution in [0.5, 0.6) is 17.2 Å². The SMILES string of the molecule is Cc1c(-c2ccc(O[C@@H]3O[C@H](C(=O)O)[C@@H](O)[C@H](O)[C@@H]3O)cc2)n(Cc2ccc(OCCN3CCCCCC3)cc2)c2ccc(O)cc12. The van der Waals surface area contributed by atoms with Gasteiger partial charge in [0.2, 0.25) is 6.29 Å². The molecule has 0 amide bonds. The fraction of sp³-hybridized carbons (Fsp3) is 0.417. The lowest BCUT2D eigenvalue weighted by molar-refractivity contribution is -0.271. The Morgan fingerprint density at radius 2 is 1.55 bits per heavy atom. The fourth-order valence-corrected chi connectivity index (χ4v) is 6.55. The van der Waals surface area contributed by atoms with Crippen LogP contribution >= 0.6 is 0 Å². The first kappa shape index (κ1) is 32.8. The molecule has 0 bridgehead atoms. The van der Waals surface area contributed by atoms with E-state index in [2.05, 4.69) is 21.6 Å². The highest BCUT2D eigenvalue weighted by molar-refractivity contribution is 5.92. The van der Waals surface area contributed by atoms with Crippen LogP contribution in [0, 0.1) is 6.92 Å². The number of aromatic nitrogens is 1. The number of ether oxygens (including phenoxy) is 3. The summed E-state index contributed by atoms with van der Waals surface area (Å²) in [6, 6.07) is 20.5. The number of benzene rings is 3. The third-order valence-corrected chi connectivity index (χ3v) is 9.13. The van der Waals surface area contributed by atoms with Gasteiger partial charge in [-0.25, -0.2) is 4.79 Å². The number of hydrogen-bond donors (Lipinski definition) is 5. The topological polar surface area (TPSA) is 154 Å². The zero-order chi connectivity index (χ0) is 33.1. The first-order chi connectivity index (χ1) is 22.7. The Hall–Kier alpha value is -4.13. The van der Waals surface area contributed by atoms with Crippen molar-refractivity contribution < 1.29 is 44.5 Å². The van der Waals surface area contributed by atoms with Gasteiger partial charge in [0, 0.05) is 24.0 Å². The number of carboxylic acid groups (broad SMARTS) is 1. The Balaban J connectivity index is 1.20. The Kier molecular flexibility index (Phi) is 10.00. The number of nitrogens with zero attached hydrogens (tertiary/aromatic N) is 2. The molecule has 3 aromatic carbocycles. The summed E-state index contributed by atoms with van der Waals surface area (Å²) in [5.74, 6) is -0.198. The minimum atomic E-state index is -1.80. The predicted molar refractivity (Wildman–Crippen MR) is 175 cm³/mol. The quantitative estimate of drug-likeness (QED) is 0.171. The lowest BCUT2D eigenvalue weighted by Gasteiger charge is -2.38. The highest BCUT2D eigenvalue weighted by Crippen LogP contribution is 2.37. The molecule has 250 valence electrons. The molecular formula is C36H42N2O9. The smallest absolute Gasteiger partial charge is 0.335 e. The van der Waals surface area contributed by atoms with Gasteiger partial charge in [-0.05, 0) is 104 Å². The van der Waals surface area contributed by atoms with Crippen molar-refractivity contribution >= 4 is 16.9 Å². The van der Waals surface area contributed by atoms with E-state index < -0.39 is 36.7 Å².